The molecule has 0 bridgehead atoms. The van der Waals surface area contributed by atoms with Gasteiger partial charge in [0.2, 0.25) is 0 Å². The molecule has 0 aliphatic carbocycles. The number of anilines is 1. The summed E-state index contributed by atoms with van der Waals surface area (Å²) in [6, 6.07) is 8.20. The van der Waals surface area contributed by atoms with Crippen LogP contribution in [0.4, 0.5) is 5.69 Å². The summed E-state index contributed by atoms with van der Waals surface area (Å²) in [5.74, 6) is 0.564. The van der Waals surface area contributed by atoms with Crippen LogP contribution in [0.2, 0.25) is 0 Å². The van der Waals surface area contributed by atoms with Gasteiger partial charge in [-0.15, -0.1) is 0 Å². The first-order valence-corrected chi connectivity index (χ1v) is 5.79. The van der Waals surface area contributed by atoms with Crippen molar-refractivity contribution in [2.45, 2.75) is 26.8 Å². The Balaban J connectivity index is 2.87. The van der Waals surface area contributed by atoms with Crippen LogP contribution in [0.25, 0.3) is 0 Å². The van der Waals surface area contributed by atoms with Crippen molar-refractivity contribution in [1.82, 2.24) is 0 Å². The zero-order chi connectivity index (χ0) is 11.4. The van der Waals surface area contributed by atoms with Gasteiger partial charge in [-0.3, -0.25) is 0 Å². The fraction of sp³-hybridized carbons (Fsp3) is 0.417. The Morgan fingerprint density at radius 2 is 1.93 bits per heavy atom. The monoisotopic (exact) mass is 266 g/mol. The molecule has 0 radical (unpaired) electrons. The van der Waals surface area contributed by atoms with Gasteiger partial charge in [-0.1, -0.05) is 29.8 Å². The van der Waals surface area contributed by atoms with E-state index in [-0.39, 0.29) is 0 Å². The lowest BCUT2D eigenvalue weighted by Gasteiger charge is -2.19. The molecular weight excluding hydrogens is 252 g/mol. The predicted octanol–water partition coefficient (Wildman–Crippen LogP) is 3.78. The van der Waals surface area contributed by atoms with Gasteiger partial charge in [0.25, 0.3) is 0 Å². The average Bonchev–Trinajstić information content (AvgIpc) is 2.16. The van der Waals surface area contributed by atoms with Crippen molar-refractivity contribution < 1.29 is 0 Å². The number of nitriles is 1. The van der Waals surface area contributed by atoms with Crippen LogP contribution in [-0.2, 0) is 0 Å². The van der Waals surface area contributed by atoms with E-state index in [0.29, 0.717) is 17.5 Å². The third-order valence-corrected chi connectivity index (χ3v) is 2.88. The van der Waals surface area contributed by atoms with Gasteiger partial charge in [0.1, 0.15) is 0 Å². The topological polar surface area (TPSA) is 35.8 Å². The number of hydrogen-bond acceptors (Lipinski definition) is 2. The smallest absolute Gasteiger partial charge is 0.0992 e. The van der Waals surface area contributed by atoms with Gasteiger partial charge in [-0.05, 0) is 31.0 Å². The number of nitrogens with one attached hydrogen (secondary N) is 1. The zero-order valence-electron chi connectivity index (χ0n) is 9.21. The zero-order valence-corrected chi connectivity index (χ0v) is 10.8. The molecule has 1 rings (SSSR count). The Labute approximate surface area is 99.4 Å². The van der Waals surface area contributed by atoms with Crippen LogP contribution in [0.1, 0.15) is 26.3 Å². The number of nitrogens with zero attached hydrogens (tertiary/aromatic N) is 1. The van der Waals surface area contributed by atoms with Crippen molar-refractivity contribution in [1.29, 1.82) is 5.26 Å². The second kappa shape index (κ2) is 5.18. The number of rotatable bonds is 3. The molecule has 0 spiro atoms. The predicted molar refractivity (Wildman–Crippen MR) is 66.8 cm³/mol. The highest BCUT2D eigenvalue weighted by molar-refractivity contribution is 9.10. The molecule has 1 aromatic rings. The summed E-state index contributed by atoms with van der Waals surface area (Å²) in [7, 11) is 0. The van der Waals surface area contributed by atoms with Crippen molar-refractivity contribution in [3.05, 3.63) is 28.2 Å². The molecule has 0 aliphatic rings. The Bertz CT molecular complexity index is 380. The van der Waals surface area contributed by atoms with E-state index in [1.165, 1.54) is 0 Å². The van der Waals surface area contributed by atoms with Crippen LogP contribution < -0.4 is 5.32 Å². The summed E-state index contributed by atoms with van der Waals surface area (Å²) in [4.78, 5) is 0. The fourth-order valence-corrected chi connectivity index (χ4v) is 1.66. The van der Waals surface area contributed by atoms with Crippen LogP contribution in [0.3, 0.4) is 0 Å². The summed E-state index contributed by atoms with van der Waals surface area (Å²) < 4.78 is 0.931. The van der Waals surface area contributed by atoms with E-state index in [4.69, 9.17) is 5.26 Å². The summed E-state index contributed by atoms with van der Waals surface area (Å²) >= 11 is 3.39. The van der Waals surface area contributed by atoms with E-state index in [0.717, 1.165) is 10.2 Å². The highest BCUT2D eigenvalue weighted by Crippen LogP contribution is 2.20. The summed E-state index contributed by atoms with van der Waals surface area (Å²) in [6.07, 6.45) is 0. The van der Waals surface area contributed by atoms with E-state index in [9.17, 15) is 0 Å². The van der Waals surface area contributed by atoms with Crippen LogP contribution in [0.15, 0.2) is 22.7 Å². The molecule has 0 saturated carbocycles. The highest BCUT2D eigenvalue weighted by Gasteiger charge is 2.07. The molecule has 0 saturated heterocycles. The minimum atomic E-state index is 0.394. The second-order valence-corrected chi connectivity index (χ2v) is 4.93. The maximum atomic E-state index is 8.83. The van der Waals surface area contributed by atoms with Crippen LogP contribution in [-0.4, -0.2) is 6.04 Å². The van der Waals surface area contributed by atoms with Gasteiger partial charge in [0.15, 0.2) is 0 Å². The van der Waals surface area contributed by atoms with Gasteiger partial charge in [0, 0.05) is 16.2 Å². The fourth-order valence-electron chi connectivity index (χ4n) is 1.17. The highest BCUT2D eigenvalue weighted by atomic mass is 79.9. The molecule has 0 heterocycles. The molecule has 1 unspecified atom stereocenters. The third kappa shape index (κ3) is 3.56. The summed E-state index contributed by atoms with van der Waals surface area (Å²) in [6.45, 7) is 6.47. The minimum absolute atomic E-state index is 0.394. The van der Waals surface area contributed by atoms with E-state index in [2.05, 4.69) is 48.1 Å². The van der Waals surface area contributed by atoms with Crippen molar-refractivity contribution >= 4 is 21.6 Å². The minimum Gasteiger partial charge on any atom is -0.382 e. The number of halogens is 1. The molecule has 1 N–H and O–H groups in total. The summed E-state index contributed by atoms with van der Waals surface area (Å²) in [5.41, 5.74) is 1.66. The molecule has 3 heteroatoms. The van der Waals surface area contributed by atoms with Crippen molar-refractivity contribution in [2.24, 2.45) is 5.92 Å². The second-order valence-electron chi connectivity index (χ2n) is 4.02. The third-order valence-electron chi connectivity index (χ3n) is 2.42. The standard InChI is InChI=1S/C12H15BrN2/c1-8(2)9(3)15-12-5-10(7-14)4-11(13)6-12/h4-6,8-9,15H,1-3H3. The summed E-state index contributed by atoms with van der Waals surface area (Å²) in [5, 5.41) is 12.2. The van der Waals surface area contributed by atoms with Crippen molar-refractivity contribution in [3.63, 3.8) is 0 Å². The van der Waals surface area contributed by atoms with Crippen LogP contribution >= 0.6 is 15.9 Å². The Kier molecular flexibility index (Phi) is 4.16. The van der Waals surface area contributed by atoms with Crippen molar-refractivity contribution in [3.8, 4) is 6.07 Å². The lowest BCUT2D eigenvalue weighted by atomic mass is 10.1. The first kappa shape index (κ1) is 12.1. The maximum Gasteiger partial charge on any atom is 0.0992 e. The van der Waals surface area contributed by atoms with Gasteiger partial charge in [-0.2, -0.15) is 5.26 Å². The van der Waals surface area contributed by atoms with Gasteiger partial charge >= 0.3 is 0 Å². The van der Waals surface area contributed by atoms with E-state index < -0.39 is 0 Å². The molecule has 0 aromatic heterocycles. The lowest BCUT2D eigenvalue weighted by Crippen LogP contribution is -2.21. The molecule has 0 amide bonds. The van der Waals surface area contributed by atoms with Crippen molar-refractivity contribution in [2.75, 3.05) is 5.32 Å². The van der Waals surface area contributed by atoms with E-state index in [1.54, 1.807) is 0 Å². The molecule has 2 nitrogen and oxygen atoms in total. The quantitative estimate of drug-likeness (QED) is 0.904. The van der Waals surface area contributed by atoms with Gasteiger partial charge in [0.05, 0.1) is 11.6 Å². The van der Waals surface area contributed by atoms with E-state index in [1.807, 2.05) is 18.2 Å². The van der Waals surface area contributed by atoms with E-state index >= 15 is 0 Å². The van der Waals surface area contributed by atoms with Gasteiger partial charge < -0.3 is 5.32 Å². The Hall–Kier alpha value is -1.01. The molecule has 0 aliphatic heterocycles. The average molecular weight is 267 g/mol. The molecule has 15 heavy (non-hydrogen) atoms. The molecule has 80 valence electrons. The SMILES string of the molecule is CC(C)C(C)Nc1cc(Br)cc(C#N)c1. The molecular formula is C12H15BrN2. The van der Waals surface area contributed by atoms with Gasteiger partial charge in [-0.25, -0.2) is 0 Å². The molecule has 1 aromatic carbocycles. The Morgan fingerprint density at radius 3 is 2.47 bits per heavy atom. The first-order valence-electron chi connectivity index (χ1n) is 5.00. The van der Waals surface area contributed by atoms with Crippen LogP contribution in [0, 0.1) is 17.2 Å². The molecule has 0 fully saturated rings. The number of benzene rings is 1. The largest absolute Gasteiger partial charge is 0.382 e. The molecule has 1 atom stereocenters. The first-order chi connectivity index (χ1) is 7.02. The lowest BCUT2D eigenvalue weighted by molar-refractivity contribution is 0.560. The number of hydrogen-bond donors (Lipinski definition) is 1. The maximum absolute atomic E-state index is 8.83. The Morgan fingerprint density at radius 1 is 1.27 bits per heavy atom. The normalized spacial score (nSPS) is 12.3. The van der Waals surface area contributed by atoms with Crippen LogP contribution in [0.5, 0.6) is 0 Å².